The minimum absolute atomic E-state index is 0.0331. The molecule has 144 valence electrons. The molecule has 0 aromatic heterocycles. The molecule has 0 spiro atoms. The lowest BCUT2D eigenvalue weighted by molar-refractivity contribution is -0.120. The maximum absolute atomic E-state index is 12.3. The maximum atomic E-state index is 12.3. The number of hydrogen-bond acceptors (Lipinski definition) is 4. The Labute approximate surface area is 156 Å². The van der Waals surface area contributed by atoms with Crippen LogP contribution in [0.15, 0.2) is 24.3 Å². The SMILES string of the molecule is CCCCC(CC)C(=O)Nc1ccc(NC(=O)CN2CCOCC2)cc1. The summed E-state index contributed by atoms with van der Waals surface area (Å²) >= 11 is 0. The third-order valence-electron chi connectivity index (χ3n) is 4.68. The number of anilines is 2. The molecule has 2 rings (SSSR count). The third-order valence-corrected chi connectivity index (χ3v) is 4.68. The van der Waals surface area contributed by atoms with Gasteiger partial charge in [-0.2, -0.15) is 0 Å². The summed E-state index contributed by atoms with van der Waals surface area (Å²) in [6, 6.07) is 7.29. The van der Waals surface area contributed by atoms with Gasteiger partial charge < -0.3 is 15.4 Å². The smallest absolute Gasteiger partial charge is 0.238 e. The molecule has 1 unspecified atom stereocenters. The number of unbranched alkanes of at least 4 members (excludes halogenated alkanes) is 1. The Morgan fingerprint density at radius 1 is 1.08 bits per heavy atom. The molecule has 6 heteroatoms. The molecule has 1 heterocycles. The van der Waals surface area contributed by atoms with Crippen LogP contribution in [0.1, 0.15) is 39.5 Å². The minimum Gasteiger partial charge on any atom is -0.379 e. The Hall–Kier alpha value is -1.92. The second-order valence-corrected chi connectivity index (χ2v) is 6.75. The van der Waals surface area contributed by atoms with Gasteiger partial charge in [-0.15, -0.1) is 0 Å². The van der Waals surface area contributed by atoms with E-state index in [9.17, 15) is 9.59 Å². The van der Waals surface area contributed by atoms with Crippen LogP contribution in [0.3, 0.4) is 0 Å². The van der Waals surface area contributed by atoms with Gasteiger partial charge in [-0.3, -0.25) is 14.5 Å². The van der Waals surface area contributed by atoms with E-state index in [-0.39, 0.29) is 17.7 Å². The van der Waals surface area contributed by atoms with E-state index in [0.717, 1.165) is 50.1 Å². The van der Waals surface area contributed by atoms with Crippen molar-refractivity contribution in [3.8, 4) is 0 Å². The molecule has 1 aromatic rings. The summed E-state index contributed by atoms with van der Waals surface area (Å²) < 4.78 is 5.28. The van der Waals surface area contributed by atoms with E-state index in [1.807, 2.05) is 31.2 Å². The van der Waals surface area contributed by atoms with Gasteiger partial charge in [0.1, 0.15) is 0 Å². The van der Waals surface area contributed by atoms with Crippen LogP contribution >= 0.6 is 0 Å². The van der Waals surface area contributed by atoms with Crippen molar-refractivity contribution in [1.82, 2.24) is 4.90 Å². The van der Waals surface area contributed by atoms with Crippen LogP contribution < -0.4 is 10.6 Å². The summed E-state index contributed by atoms with van der Waals surface area (Å²) in [4.78, 5) is 26.5. The Bertz CT molecular complexity index is 568. The second kappa shape index (κ2) is 10.9. The molecule has 0 radical (unpaired) electrons. The van der Waals surface area contributed by atoms with Crippen molar-refractivity contribution >= 4 is 23.2 Å². The van der Waals surface area contributed by atoms with Gasteiger partial charge >= 0.3 is 0 Å². The zero-order chi connectivity index (χ0) is 18.8. The maximum Gasteiger partial charge on any atom is 0.238 e. The number of morpholine rings is 1. The van der Waals surface area contributed by atoms with Crippen LogP contribution in [0.5, 0.6) is 0 Å². The molecular weight excluding hydrogens is 330 g/mol. The number of carbonyl (C=O) groups is 2. The number of amides is 2. The molecule has 1 atom stereocenters. The average molecular weight is 361 g/mol. The highest BCUT2D eigenvalue weighted by atomic mass is 16.5. The fourth-order valence-electron chi connectivity index (χ4n) is 3.02. The zero-order valence-corrected chi connectivity index (χ0v) is 15.9. The van der Waals surface area contributed by atoms with E-state index >= 15 is 0 Å². The molecule has 0 aliphatic carbocycles. The molecule has 26 heavy (non-hydrogen) atoms. The Morgan fingerprint density at radius 3 is 2.27 bits per heavy atom. The summed E-state index contributed by atoms with van der Waals surface area (Å²) in [5, 5.41) is 5.87. The normalized spacial score (nSPS) is 16.1. The van der Waals surface area contributed by atoms with Crippen LogP contribution in [0.4, 0.5) is 11.4 Å². The lowest BCUT2D eigenvalue weighted by Gasteiger charge is -2.25. The molecule has 1 saturated heterocycles. The third kappa shape index (κ3) is 6.77. The average Bonchev–Trinajstić information content (AvgIpc) is 2.65. The van der Waals surface area contributed by atoms with E-state index in [1.54, 1.807) is 0 Å². The van der Waals surface area contributed by atoms with Crippen molar-refractivity contribution in [2.75, 3.05) is 43.5 Å². The second-order valence-electron chi connectivity index (χ2n) is 6.75. The van der Waals surface area contributed by atoms with E-state index in [4.69, 9.17) is 4.74 Å². The summed E-state index contributed by atoms with van der Waals surface area (Å²) in [5.41, 5.74) is 1.50. The van der Waals surface area contributed by atoms with Gasteiger partial charge in [0, 0.05) is 30.4 Å². The fraction of sp³-hybridized carbons (Fsp3) is 0.600. The molecule has 6 nitrogen and oxygen atoms in total. The van der Waals surface area contributed by atoms with Crippen molar-refractivity contribution in [3.63, 3.8) is 0 Å². The number of nitrogens with zero attached hydrogens (tertiary/aromatic N) is 1. The number of carbonyl (C=O) groups excluding carboxylic acids is 2. The largest absolute Gasteiger partial charge is 0.379 e. The molecule has 1 aliphatic rings. The number of ether oxygens (including phenoxy) is 1. The summed E-state index contributed by atoms with van der Waals surface area (Å²) in [6.07, 6.45) is 3.94. The molecule has 1 aromatic carbocycles. The predicted octanol–water partition coefficient (Wildman–Crippen LogP) is 3.11. The van der Waals surface area contributed by atoms with Crippen molar-refractivity contribution < 1.29 is 14.3 Å². The van der Waals surface area contributed by atoms with Crippen LogP contribution in [-0.4, -0.2) is 49.6 Å². The van der Waals surface area contributed by atoms with Crippen molar-refractivity contribution in [2.45, 2.75) is 39.5 Å². The van der Waals surface area contributed by atoms with Gasteiger partial charge in [-0.25, -0.2) is 0 Å². The quantitative estimate of drug-likeness (QED) is 0.709. The topological polar surface area (TPSA) is 70.7 Å². The molecule has 0 saturated carbocycles. The van der Waals surface area contributed by atoms with Crippen LogP contribution in [0, 0.1) is 5.92 Å². The van der Waals surface area contributed by atoms with Gasteiger partial charge in [0.15, 0.2) is 0 Å². The summed E-state index contributed by atoms with van der Waals surface area (Å²) in [7, 11) is 0. The molecule has 0 bridgehead atoms. The number of benzene rings is 1. The Morgan fingerprint density at radius 2 is 1.69 bits per heavy atom. The first-order valence-electron chi connectivity index (χ1n) is 9.63. The lowest BCUT2D eigenvalue weighted by Crippen LogP contribution is -2.41. The number of rotatable bonds is 9. The van der Waals surface area contributed by atoms with E-state index in [2.05, 4.69) is 22.5 Å². The monoisotopic (exact) mass is 361 g/mol. The van der Waals surface area contributed by atoms with E-state index < -0.39 is 0 Å². The first-order chi connectivity index (χ1) is 12.6. The first-order valence-corrected chi connectivity index (χ1v) is 9.63. The van der Waals surface area contributed by atoms with Crippen molar-refractivity contribution in [2.24, 2.45) is 5.92 Å². The van der Waals surface area contributed by atoms with Gasteiger partial charge in [0.2, 0.25) is 11.8 Å². The first kappa shape index (κ1) is 20.4. The van der Waals surface area contributed by atoms with Gasteiger partial charge in [0.05, 0.1) is 19.8 Å². The molecule has 1 aliphatic heterocycles. The van der Waals surface area contributed by atoms with E-state index in [1.165, 1.54) is 0 Å². The van der Waals surface area contributed by atoms with Crippen molar-refractivity contribution in [1.29, 1.82) is 0 Å². The lowest BCUT2D eigenvalue weighted by atomic mass is 9.98. The highest BCUT2D eigenvalue weighted by Gasteiger charge is 2.16. The van der Waals surface area contributed by atoms with Gasteiger partial charge in [-0.1, -0.05) is 26.7 Å². The molecule has 1 fully saturated rings. The Kier molecular flexibility index (Phi) is 8.58. The highest BCUT2D eigenvalue weighted by molar-refractivity contribution is 5.94. The minimum atomic E-state index is -0.0331. The molecular formula is C20H31N3O3. The highest BCUT2D eigenvalue weighted by Crippen LogP contribution is 2.18. The van der Waals surface area contributed by atoms with Crippen LogP contribution in [0.2, 0.25) is 0 Å². The Balaban J connectivity index is 1.81. The molecule has 2 N–H and O–H groups in total. The molecule has 2 amide bonds. The standard InChI is InChI=1S/C20H31N3O3/c1-3-5-6-16(4-2)20(25)22-18-9-7-17(8-10-18)21-19(24)15-23-11-13-26-14-12-23/h7-10,16H,3-6,11-15H2,1-2H3,(H,21,24)(H,22,25). The van der Waals surface area contributed by atoms with Crippen LogP contribution in [-0.2, 0) is 14.3 Å². The van der Waals surface area contributed by atoms with Crippen molar-refractivity contribution in [3.05, 3.63) is 24.3 Å². The van der Waals surface area contributed by atoms with Gasteiger partial charge in [0.25, 0.3) is 0 Å². The predicted molar refractivity (Wildman–Crippen MR) is 104 cm³/mol. The fourth-order valence-corrected chi connectivity index (χ4v) is 3.02. The summed E-state index contributed by atoms with van der Waals surface area (Å²) in [6.45, 7) is 7.49. The van der Waals surface area contributed by atoms with E-state index in [0.29, 0.717) is 19.8 Å². The number of hydrogen-bond donors (Lipinski definition) is 2. The van der Waals surface area contributed by atoms with Gasteiger partial charge in [-0.05, 0) is 37.1 Å². The zero-order valence-electron chi connectivity index (χ0n) is 15.9. The number of nitrogens with one attached hydrogen (secondary N) is 2. The van der Waals surface area contributed by atoms with Crippen LogP contribution in [0.25, 0.3) is 0 Å². The summed E-state index contributed by atoms with van der Waals surface area (Å²) in [5.74, 6) is 0.0993.